The zero-order valence-electron chi connectivity index (χ0n) is 11.7. The summed E-state index contributed by atoms with van der Waals surface area (Å²) in [6.07, 6.45) is 0.342. The number of carbonyl (C=O) groups is 2. The van der Waals surface area contributed by atoms with Crippen molar-refractivity contribution in [2.45, 2.75) is 25.4 Å². The lowest BCUT2D eigenvalue weighted by Gasteiger charge is -2.20. The van der Waals surface area contributed by atoms with Crippen molar-refractivity contribution in [3.63, 3.8) is 0 Å². The fraction of sp³-hybridized carbons (Fsp3) is 0.467. The maximum Gasteiger partial charge on any atom is 0.224 e. The van der Waals surface area contributed by atoms with Crippen LogP contribution in [-0.4, -0.2) is 47.8 Å². The van der Waals surface area contributed by atoms with Crippen molar-refractivity contribution in [2.75, 3.05) is 25.1 Å². The van der Waals surface area contributed by atoms with Crippen LogP contribution in [0.15, 0.2) is 18.2 Å². The van der Waals surface area contributed by atoms with Crippen molar-refractivity contribution in [3.05, 3.63) is 29.3 Å². The number of aliphatic hydroxyl groups excluding tert-OH is 2. The standard InChI is InChI=1S/C15H19NO5/c17-7-13(19)9-21-8-12(18)6-11-3-1-2-10-4-5-14(20)16-15(10)11/h1-3,13,17,19H,4-9H2,(H,16,20)/t13-/m0/s1. The maximum atomic E-state index is 11.9. The molecular formula is C15H19NO5. The summed E-state index contributed by atoms with van der Waals surface area (Å²) in [6.45, 7) is -0.604. The predicted octanol–water partition coefficient (Wildman–Crippen LogP) is 0.0527. The van der Waals surface area contributed by atoms with E-state index < -0.39 is 12.7 Å². The van der Waals surface area contributed by atoms with Gasteiger partial charge in [0.2, 0.25) is 5.91 Å². The highest BCUT2D eigenvalue weighted by atomic mass is 16.5. The van der Waals surface area contributed by atoms with Gasteiger partial charge >= 0.3 is 0 Å². The van der Waals surface area contributed by atoms with Crippen LogP contribution in [0.5, 0.6) is 0 Å². The number of fused-ring (bicyclic) bond motifs is 1. The Hall–Kier alpha value is -1.76. The molecule has 1 atom stereocenters. The van der Waals surface area contributed by atoms with Gasteiger partial charge in [-0.1, -0.05) is 18.2 Å². The topological polar surface area (TPSA) is 95.9 Å². The van der Waals surface area contributed by atoms with Gasteiger partial charge in [0.15, 0.2) is 5.78 Å². The minimum absolute atomic E-state index is 0.0373. The molecule has 0 spiro atoms. The molecule has 21 heavy (non-hydrogen) atoms. The fourth-order valence-electron chi connectivity index (χ4n) is 2.24. The highest BCUT2D eigenvalue weighted by Gasteiger charge is 2.18. The number of rotatable bonds is 7. The molecule has 0 saturated heterocycles. The lowest BCUT2D eigenvalue weighted by molar-refractivity contribution is -0.124. The van der Waals surface area contributed by atoms with Gasteiger partial charge in [0.1, 0.15) is 12.7 Å². The summed E-state index contributed by atoms with van der Waals surface area (Å²) in [5.41, 5.74) is 2.55. The van der Waals surface area contributed by atoms with Gasteiger partial charge in [-0.05, 0) is 17.5 Å². The Balaban J connectivity index is 1.94. The number of aliphatic hydroxyl groups is 2. The van der Waals surface area contributed by atoms with Crippen molar-refractivity contribution in [3.8, 4) is 0 Å². The SMILES string of the molecule is O=C(COC[C@@H](O)CO)Cc1cccc2c1NC(=O)CC2. The van der Waals surface area contributed by atoms with E-state index in [0.29, 0.717) is 12.8 Å². The van der Waals surface area contributed by atoms with Crippen molar-refractivity contribution < 1.29 is 24.5 Å². The van der Waals surface area contributed by atoms with Crippen LogP contribution in [0.25, 0.3) is 0 Å². The molecule has 0 fully saturated rings. The molecule has 114 valence electrons. The molecule has 0 aromatic heterocycles. The summed E-state index contributed by atoms with van der Waals surface area (Å²) >= 11 is 0. The van der Waals surface area contributed by atoms with Crippen molar-refractivity contribution in [1.29, 1.82) is 0 Å². The quantitative estimate of drug-likeness (QED) is 0.660. The Labute approximate surface area is 122 Å². The molecule has 1 heterocycles. The summed E-state index contributed by atoms with van der Waals surface area (Å²) in [7, 11) is 0. The van der Waals surface area contributed by atoms with Crippen LogP contribution in [0.2, 0.25) is 0 Å². The number of carbonyl (C=O) groups excluding carboxylic acids is 2. The van der Waals surface area contributed by atoms with E-state index in [1.54, 1.807) is 0 Å². The second-order valence-corrected chi connectivity index (χ2v) is 5.07. The average Bonchev–Trinajstić information content (AvgIpc) is 2.47. The van der Waals surface area contributed by atoms with E-state index in [1.807, 2.05) is 18.2 Å². The summed E-state index contributed by atoms with van der Waals surface area (Å²) in [5.74, 6) is -0.182. The third kappa shape index (κ3) is 4.35. The fourth-order valence-corrected chi connectivity index (χ4v) is 2.24. The van der Waals surface area contributed by atoms with Gasteiger partial charge in [-0.3, -0.25) is 9.59 Å². The van der Waals surface area contributed by atoms with Gasteiger partial charge in [-0.25, -0.2) is 0 Å². The highest BCUT2D eigenvalue weighted by molar-refractivity contribution is 5.96. The van der Waals surface area contributed by atoms with Crippen LogP contribution in [0.3, 0.4) is 0 Å². The number of hydrogen-bond acceptors (Lipinski definition) is 5. The molecule has 0 radical (unpaired) electrons. The molecule has 1 amide bonds. The van der Waals surface area contributed by atoms with E-state index in [9.17, 15) is 9.59 Å². The first-order valence-corrected chi connectivity index (χ1v) is 6.89. The Morgan fingerprint density at radius 2 is 2.19 bits per heavy atom. The molecule has 1 aromatic carbocycles. The van der Waals surface area contributed by atoms with Crippen LogP contribution in [0.4, 0.5) is 5.69 Å². The number of benzene rings is 1. The third-order valence-electron chi connectivity index (χ3n) is 3.29. The number of para-hydroxylation sites is 1. The second kappa shape index (κ2) is 7.31. The van der Waals surface area contributed by atoms with Crippen LogP contribution in [-0.2, 0) is 27.2 Å². The molecule has 0 unspecified atom stereocenters. The maximum absolute atomic E-state index is 11.9. The van der Waals surface area contributed by atoms with Gasteiger partial charge in [0, 0.05) is 18.5 Å². The first-order chi connectivity index (χ1) is 10.1. The highest BCUT2D eigenvalue weighted by Crippen LogP contribution is 2.27. The number of hydrogen-bond donors (Lipinski definition) is 3. The second-order valence-electron chi connectivity index (χ2n) is 5.07. The monoisotopic (exact) mass is 293 g/mol. The summed E-state index contributed by atoms with van der Waals surface area (Å²) < 4.78 is 5.04. The first-order valence-electron chi connectivity index (χ1n) is 6.89. The third-order valence-corrected chi connectivity index (χ3v) is 3.29. The molecule has 2 rings (SSSR count). The van der Waals surface area contributed by atoms with E-state index >= 15 is 0 Å². The van der Waals surface area contributed by atoms with Crippen molar-refractivity contribution >= 4 is 17.4 Å². The Morgan fingerprint density at radius 1 is 1.38 bits per heavy atom. The predicted molar refractivity (Wildman–Crippen MR) is 76.0 cm³/mol. The van der Waals surface area contributed by atoms with E-state index in [4.69, 9.17) is 14.9 Å². The van der Waals surface area contributed by atoms with Crippen LogP contribution < -0.4 is 5.32 Å². The molecule has 3 N–H and O–H groups in total. The van der Waals surface area contributed by atoms with Gasteiger partial charge < -0.3 is 20.3 Å². The number of Topliss-reactive ketones (excluding diaryl/α,β-unsaturated/α-hetero) is 1. The Kier molecular flexibility index (Phi) is 5.44. The summed E-state index contributed by atoms with van der Waals surface area (Å²) in [5, 5.41) is 20.6. The van der Waals surface area contributed by atoms with E-state index in [2.05, 4.69) is 5.32 Å². The number of aryl methyl sites for hydroxylation is 1. The van der Waals surface area contributed by atoms with Crippen LogP contribution in [0, 0.1) is 0 Å². The zero-order valence-corrected chi connectivity index (χ0v) is 11.7. The first kappa shape index (κ1) is 15.6. The number of ketones is 1. The minimum Gasteiger partial charge on any atom is -0.394 e. The van der Waals surface area contributed by atoms with E-state index in [1.165, 1.54) is 0 Å². The van der Waals surface area contributed by atoms with Crippen LogP contribution in [0.1, 0.15) is 17.5 Å². The number of amides is 1. The van der Waals surface area contributed by atoms with Gasteiger partial charge in [-0.15, -0.1) is 0 Å². The van der Waals surface area contributed by atoms with Gasteiger partial charge in [0.05, 0.1) is 13.2 Å². The normalized spacial score (nSPS) is 15.2. The molecule has 1 aliphatic heterocycles. The van der Waals surface area contributed by atoms with E-state index in [0.717, 1.165) is 16.8 Å². The molecular weight excluding hydrogens is 274 g/mol. The number of anilines is 1. The zero-order chi connectivity index (χ0) is 15.2. The number of ether oxygens (including phenoxy) is 1. The molecule has 1 aromatic rings. The van der Waals surface area contributed by atoms with Crippen LogP contribution >= 0.6 is 0 Å². The lowest BCUT2D eigenvalue weighted by Crippen LogP contribution is -2.24. The van der Waals surface area contributed by atoms with E-state index in [-0.39, 0.29) is 31.3 Å². The lowest BCUT2D eigenvalue weighted by atomic mass is 9.96. The smallest absolute Gasteiger partial charge is 0.224 e. The minimum atomic E-state index is -0.971. The average molecular weight is 293 g/mol. The Bertz CT molecular complexity index is 529. The summed E-state index contributed by atoms with van der Waals surface area (Å²) in [6, 6.07) is 5.62. The molecule has 6 heteroatoms. The number of nitrogens with one attached hydrogen (secondary N) is 1. The van der Waals surface area contributed by atoms with Crippen molar-refractivity contribution in [2.24, 2.45) is 0 Å². The molecule has 6 nitrogen and oxygen atoms in total. The summed E-state index contributed by atoms with van der Waals surface area (Å²) in [4.78, 5) is 23.3. The Morgan fingerprint density at radius 3 is 2.95 bits per heavy atom. The molecule has 0 saturated carbocycles. The molecule has 0 bridgehead atoms. The largest absolute Gasteiger partial charge is 0.394 e. The van der Waals surface area contributed by atoms with Gasteiger partial charge in [0.25, 0.3) is 0 Å². The van der Waals surface area contributed by atoms with Crippen molar-refractivity contribution in [1.82, 2.24) is 0 Å². The molecule has 0 aliphatic carbocycles. The molecule has 1 aliphatic rings. The van der Waals surface area contributed by atoms with Gasteiger partial charge in [-0.2, -0.15) is 0 Å².